The van der Waals surface area contributed by atoms with Crippen LogP contribution in [0.2, 0.25) is 0 Å². The zero-order valence-corrected chi connectivity index (χ0v) is 19.2. The van der Waals surface area contributed by atoms with E-state index in [0.29, 0.717) is 5.69 Å². The van der Waals surface area contributed by atoms with Gasteiger partial charge in [0.2, 0.25) is 0 Å². The van der Waals surface area contributed by atoms with Gasteiger partial charge in [-0.05, 0) is 50.3 Å². The molecule has 0 aliphatic carbocycles. The van der Waals surface area contributed by atoms with E-state index in [0.717, 1.165) is 17.7 Å². The molecule has 0 spiro atoms. The number of carboxylic acid groups (broad SMARTS) is 2. The molecule has 186 valence electrons. The van der Waals surface area contributed by atoms with Crippen LogP contribution in [0.1, 0.15) is 34.5 Å². The number of alkyl halides is 3. The van der Waals surface area contributed by atoms with Gasteiger partial charge in [0.25, 0.3) is 5.56 Å². The molecule has 1 aromatic heterocycles. The lowest BCUT2D eigenvalue weighted by atomic mass is 10.1. The molecule has 3 rings (SSSR count). The Balaban J connectivity index is 0.000000540. The fraction of sp³-hybridized carbons (Fsp3) is 0.250. The Morgan fingerprint density at radius 1 is 0.971 bits per heavy atom. The van der Waals surface area contributed by atoms with Crippen molar-refractivity contribution in [1.82, 2.24) is 14.7 Å². The average molecular weight is 491 g/mol. The largest absolute Gasteiger partial charge is 0.490 e. The van der Waals surface area contributed by atoms with Crippen LogP contribution in [-0.2, 0) is 11.3 Å². The average Bonchev–Trinajstić information content (AvgIpc) is 2.79. The predicted octanol–water partition coefficient (Wildman–Crippen LogP) is 3.91. The van der Waals surface area contributed by atoms with E-state index in [2.05, 4.69) is 22.1 Å². The van der Waals surface area contributed by atoms with Gasteiger partial charge in [0.05, 0.1) is 17.3 Å². The van der Waals surface area contributed by atoms with Crippen molar-refractivity contribution in [3.63, 3.8) is 0 Å². The van der Waals surface area contributed by atoms with Crippen LogP contribution >= 0.6 is 0 Å². The maximum atomic E-state index is 12.4. The zero-order chi connectivity index (χ0) is 26.3. The monoisotopic (exact) mass is 491 g/mol. The number of hydrogen-bond acceptors (Lipinski definition) is 5. The summed E-state index contributed by atoms with van der Waals surface area (Å²) in [7, 11) is 4.05. The minimum atomic E-state index is -5.08. The van der Waals surface area contributed by atoms with Gasteiger partial charge in [-0.2, -0.15) is 18.3 Å². The third-order valence-corrected chi connectivity index (χ3v) is 4.82. The number of carboxylic acids is 2. The van der Waals surface area contributed by atoms with E-state index in [1.54, 1.807) is 18.2 Å². The topological polar surface area (TPSA) is 113 Å². The van der Waals surface area contributed by atoms with E-state index in [1.807, 2.05) is 33.2 Å². The summed E-state index contributed by atoms with van der Waals surface area (Å²) in [6.45, 7) is 2.73. The number of halogens is 3. The maximum Gasteiger partial charge on any atom is 0.490 e. The van der Waals surface area contributed by atoms with Crippen molar-refractivity contribution in [1.29, 1.82) is 0 Å². The Morgan fingerprint density at radius 3 is 1.97 bits per heavy atom. The molecule has 0 bridgehead atoms. The summed E-state index contributed by atoms with van der Waals surface area (Å²) >= 11 is 0. The van der Waals surface area contributed by atoms with Gasteiger partial charge in [0.1, 0.15) is 0 Å². The molecule has 0 fully saturated rings. The molecule has 1 heterocycles. The molecule has 0 aliphatic heterocycles. The van der Waals surface area contributed by atoms with Gasteiger partial charge in [0.15, 0.2) is 0 Å². The molecule has 1 atom stereocenters. The van der Waals surface area contributed by atoms with Crippen LogP contribution < -0.4 is 5.56 Å². The summed E-state index contributed by atoms with van der Waals surface area (Å²) < 4.78 is 33.2. The van der Waals surface area contributed by atoms with Crippen LogP contribution in [-0.4, -0.2) is 57.1 Å². The van der Waals surface area contributed by atoms with Crippen LogP contribution in [0.15, 0.2) is 65.5 Å². The van der Waals surface area contributed by atoms with Gasteiger partial charge in [0, 0.05) is 18.2 Å². The lowest BCUT2D eigenvalue weighted by molar-refractivity contribution is -0.192. The van der Waals surface area contributed by atoms with Crippen molar-refractivity contribution in [2.45, 2.75) is 25.7 Å². The summed E-state index contributed by atoms with van der Waals surface area (Å²) in [6, 6.07) is 17.5. The fourth-order valence-corrected chi connectivity index (χ4v) is 3.05. The number of aliphatic carboxylic acids is 1. The van der Waals surface area contributed by atoms with Gasteiger partial charge >= 0.3 is 18.1 Å². The highest BCUT2D eigenvalue weighted by molar-refractivity contribution is 5.87. The van der Waals surface area contributed by atoms with Crippen LogP contribution in [0.25, 0.3) is 11.3 Å². The minimum Gasteiger partial charge on any atom is -0.478 e. The molecule has 0 aliphatic rings. The van der Waals surface area contributed by atoms with Crippen molar-refractivity contribution in [2.75, 3.05) is 14.1 Å². The second-order valence-electron chi connectivity index (χ2n) is 7.84. The normalized spacial score (nSPS) is 12.0. The number of benzene rings is 2. The Kier molecular flexibility index (Phi) is 8.90. The highest BCUT2D eigenvalue weighted by atomic mass is 19.4. The summed E-state index contributed by atoms with van der Waals surface area (Å²) in [6.07, 6.45) is -5.08. The van der Waals surface area contributed by atoms with Crippen molar-refractivity contribution in [3.05, 3.63) is 87.7 Å². The summed E-state index contributed by atoms with van der Waals surface area (Å²) in [4.78, 5) is 34.4. The van der Waals surface area contributed by atoms with Crippen molar-refractivity contribution >= 4 is 11.9 Å². The van der Waals surface area contributed by atoms with Crippen molar-refractivity contribution in [3.8, 4) is 11.3 Å². The van der Waals surface area contributed by atoms with Crippen molar-refractivity contribution in [2.24, 2.45) is 0 Å². The third-order valence-electron chi connectivity index (χ3n) is 4.82. The van der Waals surface area contributed by atoms with E-state index in [1.165, 1.54) is 28.4 Å². The number of aromatic nitrogens is 2. The Labute approximate surface area is 198 Å². The lowest BCUT2D eigenvalue weighted by Gasteiger charge is -2.16. The first-order valence-electron chi connectivity index (χ1n) is 10.3. The van der Waals surface area contributed by atoms with Crippen LogP contribution in [0.4, 0.5) is 13.2 Å². The summed E-state index contributed by atoms with van der Waals surface area (Å²) in [5, 5.41) is 20.7. The molecule has 0 radical (unpaired) electrons. The van der Waals surface area contributed by atoms with Crippen LogP contribution in [0.5, 0.6) is 0 Å². The number of rotatable bonds is 6. The van der Waals surface area contributed by atoms with Gasteiger partial charge < -0.3 is 15.1 Å². The Bertz CT molecular complexity index is 1220. The molecule has 35 heavy (non-hydrogen) atoms. The molecule has 0 saturated carbocycles. The number of nitrogens with zero attached hydrogens (tertiary/aromatic N) is 3. The molecule has 2 N–H and O–H groups in total. The molecule has 3 aromatic rings. The quantitative estimate of drug-likeness (QED) is 0.538. The molecule has 0 amide bonds. The zero-order valence-electron chi connectivity index (χ0n) is 19.2. The molecule has 8 nitrogen and oxygen atoms in total. The lowest BCUT2D eigenvalue weighted by Crippen LogP contribution is -2.26. The van der Waals surface area contributed by atoms with Crippen LogP contribution in [0.3, 0.4) is 0 Å². The standard InChI is InChI=1S/C22H23N3O3.C2HF3O2/c1-15(17-8-10-19(11-9-17)22(27)28)25-21(26)13-12-20(23-25)18-6-4-16(5-7-18)14-24(2)3;3-2(4,5)1(6)7/h4-13,15H,14H2,1-3H3,(H,27,28);(H,6,7). The minimum absolute atomic E-state index is 0.206. The third kappa shape index (κ3) is 7.78. The van der Waals surface area contributed by atoms with E-state index in [-0.39, 0.29) is 17.2 Å². The highest BCUT2D eigenvalue weighted by Gasteiger charge is 2.38. The van der Waals surface area contributed by atoms with E-state index < -0.39 is 18.1 Å². The molecular formula is C24H24F3N3O5. The van der Waals surface area contributed by atoms with Gasteiger partial charge in [-0.1, -0.05) is 36.4 Å². The molecule has 1 unspecified atom stereocenters. The molecule has 11 heteroatoms. The first kappa shape index (κ1) is 27.3. The number of aromatic carboxylic acids is 1. The maximum absolute atomic E-state index is 12.4. The molecule has 0 saturated heterocycles. The number of carbonyl (C=O) groups is 2. The van der Waals surface area contributed by atoms with Crippen LogP contribution in [0, 0.1) is 0 Å². The first-order valence-corrected chi connectivity index (χ1v) is 10.3. The number of hydrogen-bond donors (Lipinski definition) is 2. The summed E-state index contributed by atoms with van der Waals surface area (Å²) in [5.41, 5.74) is 3.67. The predicted molar refractivity (Wildman–Crippen MR) is 122 cm³/mol. The molecular weight excluding hydrogens is 467 g/mol. The van der Waals surface area contributed by atoms with Crippen molar-refractivity contribution < 1.29 is 33.0 Å². The fourth-order valence-electron chi connectivity index (χ4n) is 3.05. The highest BCUT2D eigenvalue weighted by Crippen LogP contribution is 2.20. The molecule has 2 aromatic carbocycles. The smallest absolute Gasteiger partial charge is 0.478 e. The van der Waals surface area contributed by atoms with Gasteiger partial charge in [-0.15, -0.1) is 0 Å². The summed E-state index contributed by atoms with van der Waals surface area (Å²) in [5.74, 6) is -3.73. The van der Waals surface area contributed by atoms with E-state index >= 15 is 0 Å². The second kappa shape index (κ2) is 11.4. The SMILES string of the molecule is CC(c1ccc(C(=O)O)cc1)n1nc(-c2ccc(CN(C)C)cc2)ccc1=O.O=C(O)C(F)(F)F. The van der Waals surface area contributed by atoms with Gasteiger partial charge in [-0.3, -0.25) is 4.79 Å². The Hall–Kier alpha value is -3.99. The van der Waals surface area contributed by atoms with E-state index in [4.69, 9.17) is 15.0 Å². The van der Waals surface area contributed by atoms with E-state index in [9.17, 15) is 22.8 Å². The second-order valence-corrected chi connectivity index (χ2v) is 7.84. The Morgan fingerprint density at radius 2 is 1.51 bits per heavy atom. The van der Waals surface area contributed by atoms with Gasteiger partial charge in [-0.25, -0.2) is 14.3 Å². The first-order chi connectivity index (χ1) is 16.3.